The first-order valence-electron chi connectivity index (χ1n) is 9.56. The summed E-state index contributed by atoms with van der Waals surface area (Å²) >= 11 is 0. The number of piperazine rings is 1. The van der Waals surface area contributed by atoms with Gasteiger partial charge in [0.2, 0.25) is 5.91 Å². The van der Waals surface area contributed by atoms with Crippen molar-refractivity contribution < 1.29 is 32.9 Å². The number of alkyl halides is 3. The minimum absolute atomic E-state index is 0.210. The Kier molecular flexibility index (Phi) is 6.67. The van der Waals surface area contributed by atoms with Crippen molar-refractivity contribution in [2.45, 2.75) is 37.5 Å². The van der Waals surface area contributed by atoms with Gasteiger partial charge in [0.05, 0.1) is 24.3 Å². The van der Waals surface area contributed by atoms with Crippen LogP contribution < -0.4 is 10.2 Å². The van der Waals surface area contributed by atoms with E-state index >= 15 is 0 Å². The zero-order valence-electron chi connectivity index (χ0n) is 16.1. The lowest BCUT2D eigenvalue weighted by Gasteiger charge is -2.41. The van der Waals surface area contributed by atoms with Gasteiger partial charge in [0, 0.05) is 45.3 Å². The van der Waals surface area contributed by atoms with Crippen molar-refractivity contribution in [1.29, 1.82) is 0 Å². The first-order valence-corrected chi connectivity index (χ1v) is 9.56. The number of aliphatic hydroxyl groups excluding tert-OH is 2. The van der Waals surface area contributed by atoms with Crippen LogP contribution in [0.15, 0.2) is 24.3 Å². The summed E-state index contributed by atoms with van der Waals surface area (Å²) in [6.45, 7) is 3.26. The molecule has 0 saturated carbocycles. The number of benzene rings is 1. The van der Waals surface area contributed by atoms with Crippen molar-refractivity contribution in [3.05, 3.63) is 29.8 Å². The topological polar surface area (TPSA) is 85.3 Å². The van der Waals surface area contributed by atoms with Gasteiger partial charge in [-0.05, 0) is 18.2 Å². The molecule has 2 heterocycles. The van der Waals surface area contributed by atoms with Crippen molar-refractivity contribution in [2.24, 2.45) is 0 Å². The number of nitrogens with zero attached hydrogens (tertiary/aromatic N) is 2. The van der Waals surface area contributed by atoms with Gasteiger partial charge in [-0.25, -0.2) is 0 Å². The molecule has 3 N–H and O–H groups in total. The largest absolute Gasteiger partial charge is 0.416 e. The smallest absolute Gasteiger partial charge is 0.394 e. The van der Waals surface area contributed by atoms with E-state index in [0.717, 1.165) is 12.1 Å². The van der Waals surface area contributed by atoms with E-state index in [0.29, 0.717) is 31.9 Å². The molecule has 2 saturated heterocycles. The number of carbonyl (C=O) groups excluding carboxylic acids is 1. The molecule has 0 spiro atoms. The van der Waals surface area contributed by atoms with E-state index in [-0.39, 0.29) is 19.1 Å². The number of nitrogens with one attached hydrogen (secondary N) is 1. The molecule has 0 aromatic heterocycles. The molecule has 2 aliphatic rings. The van der Waals surface area contributed by atoms with Gasteiger partial charge < -0.3 is 25.2 Å². The van der Waals surface area contributed by atoms with Crippen molar-refractivity contribution in [2.75, 3.05) is 44.2 Å². The molecule has 29 heavy (non-hydrogen) atoms. The van der Waals surface area contributed by atoms with Gasteiger partial charge >= 0.3 is 6.18 Å². The highest BCUT2D eigenvalue weighted by atomic mass is 19.4. The molecule has 0 unspecified atom stereocenters. The van der Waals surface area contributed by atoms with Gasteiger partial charge in [0.1, 0.15) is 12.2 Å². The zero-order valence-corrected chi connectivity index (χ0v) is 16.1. The average Bonchev–Trinajstić information content (AvgIpc) is 3.01. The summed E-state index contributed by atoms with van der Waals surface area (Å²) in [6, 6.07) is 4.83. The van der Waals surface area contributed by atoms with Gasteiger partial charge in [-0.2, -0.15) is 13.2 Å². The number of hydrogen-bond acceptors (Lipinski definition) is 6. The highest BCUT2D eigenvalue weighted by molar-refractivity contribution is 5.72. The Morgan fingerprint density at radius 2 is 1.93 bits per heavy atom. The molecular formula is C19H26F3N3O4. The second-order valence-electron chi connectivity index (χ2n) is 7.38. The summed E-state index contributed by atoms with van der Waals surface area (Å²) in [5, 5.41) is 22.7. The summed E-state index contributed by atoms with van der Waals surface area (Å²) in [7, 11) is 0. The van der Waals surface area contributed by atoms with E-state index in [1.54, 1.807) is 6.07 Å². The fourth-order valence-electron chi connectivity index (χ4n) is 4.00. The third kappa shape index (κ3) is 5.00. The molecule has 1 aromatic rings. The van der Waals surface area contributed by atoms with Crippen LogP contribution in [-0.2, 0) is 15.7 Å². The predicted octanol–water partition coefficient (Wildman–Crippen LogP) is 0.453. The molecular weight excluding hydrogens is 391 g/mol. The minimum atomic E-state index is -4.39. The van der Waals surface area contributed by atoms with Gasteiger partial charge in [-0.1, -0.05) is 6.07 Å². The fourth-order valence-corrected chi connectivity index (χ4v) is 4.00. The van der Waals surface area contributed by atoms with Crippen LogP contribution in [0, 0.1) is 0 Å². The number of rotatable bonds is 5. The van der Waals surface area contributed by atoms with E-state index in [2.05, 4.69) is 5.32 Å². The zero-order chi connectivity index (χ0) is 21.2. The van der Waals surface area contributed by atoms with Gasteiger partial charge in [0.25, 0.3) is 0 Å². The molecule has 0 bridgehead atoms. The molecule has 1 amide bonds. The lowest BCUT2D eigenvalue weighted by atomic mass is 10.0. The Hall–Kier alpha value is -1.88. The number of hydrogen-bond donors (Lipinski definition) is 3. The quantitative estimate of drug-likeness (QED) is 0.645. The summed E-state index contributed by atoms with van der Waals surface area (Å²) in [5.41, 5.74) is -0.177. The van der Waals surface area contributed by atoms with Crippen LogP contribution >= 0.6 is 0 Å². The molecule has 162 valence electrons. The maximum absolute atomic E-state index is 13.0. The van der Waals surface area contributed by atoms with E-state index in [1.807, 2.05) is 9.80 Å². The van der Waals surface area contributed by atoms with Gasteiger partial charge in [-0.3, -0.25) is 9.69 Å². The van der Waals surface area contributed by atoms with Crippen LogP contribution in [0.3, 0.4) is 0 Å². The van der Waals surface area contributed by atoms with Crippen LogP contribution in [0.25, 0.3) is 0 Å². The molecule has 1 aromatic carbocycles. The Morgan fingerprint density at radius 3 is 2.52 bits per heavy atom. The lowest BCUT2D eigenvalue weighted by Crippen LogP contribution is -2.57. The van der Waals surface area contributed by atoms with Gasteiger partial charge in [-0.15, -0.1) is 0 Å². The van der Waals surface area contributed by atoms with Crippen LogP contribution in [0.5, 0.6) is 0 Å². The summed E-state index contributed by atoms with van der Waals surface area (Å²) in [4.78, 5) is 15.1. The number of carbonyl (C=O) groups is 1. The van der Waals surface area contributed by atoms with E-state index in [1.165, 1.54) is 13.0 Å². The Bertz CT molecular complexity index is 710. The molecule has 0 radical (unpaired) electrons. The minimum Gasteiger partial charge on any atom is -0.394 e. The van der Waals surface area contributed by atoms with Crippen molar-refractivity contribution in [3.63, 3.8) is 0 Å². The normalized spacial score (nSPS) is 28.6. The maximum Gasteiger partial charge on any atom is 0.416 e. The molecule has 7 nitrogen and oxygen atoms in total. The van der Waals surface area contributed by atoms with Crippen molar-refractivity contribution >= 4 is 11.6 Å². The fraction of sp³-hybridized carbons (Fsp3) is 0.632. The summed E-state index contributed by atoms with van der Waals surface area (Å²) in [5.74, 6) is -0.219. The molecule has 3 rings (SSSR count). The summed E-state index contributed by atoms with van der Waals surface area (Å²) < 4.78 is 44.6. The third-order valence-corrected chi connectivity index (χ3v) is 5.47. The van der Waals surface area contributed by atoms with Crippen molar-refractivity contribution in [3.8, 4) is 0 Å². The average molecular weight is 417 g/mol. The number of amides is 1. The van der Waals surface area contributed by atoms with Crippen LogP contribution in [0.4, 0.5) is 18.9 Å². The first kappa shape index (κ1) is 21.8. The van der Waals surface area contributed by atoms with E-state index in [4.69, 9.17) is 4.74 Å². The molecule has 2 aliphatic heterocycles. The lowest BCUT2D eigenvalue weighted by molar-refractivity contribution is -0.137. The van der Waals surface area contributed by atoms with E-state index in [9.17, 15) is 28.2 Å². The maximum atomic E-state index is 13.0. The predicted molar refractivity (Wildman–Crippen MR) is 99.5 cm³/mol. The SMILES string of the molecule is CC(=O)NC[C@H]1O[C@@H](CO)[C@@H](O)[C@H]1N1CCN(c2cccc(C(F)(F)F)c2)CC1. The Labute approximate surface area is 167 Å². The Balaban J connectivity index is 1.66. The monoisotopic (exact) mass is 417 g/mol. The number of halogens is 3. The highest BCUT2D eigenvalue weighted by Gasteiger charge is 2.46. The molecule has 2 fully saturated rings. The Morgan fingerprint density at radius 1 is 1.24 bits per heavy atom. The number of ether oxygens (including phenoxy) is 1. The summed E-state index contributed by atoms with van der Waals surface area (Å²) in [6.07, 6.45) is -6.52. The second-order valence-corrected chi connectivity index (χ2v) is 7.38. The van der Waals surface area contributed by atoms with Crippen LogP contribution in [0.2, 0.25) is 0 Å². The van der Waals surface area contributed by atoms with E-state index < -0.39 is 36.1 Å². The van der Waals surface area contributed by atoms with Crippen LogP contribution in [-0.4, -0.2) is 84.7 Å². The number of anilines is 1. The molecule has 10 heteroatoms. The molecule has 0 aliphatic carbocycles. The highest BCUT2D eigenvalue weighted by Crippen LogP contribution is 2.32. The second kappa shape index (κ2) is 8.86. The first-order chi connectivity index (χ1) is 13.7. The van der Waals surface area contributed by atoms with Crippen LogP contribution in [0.1, 0.15) is 12.5 Å². The van der Waals surface area contributed by atoms with Gasteiger partial charge in [0.15, 0.2) is 0 Å². The standard InChI is InChI=1S/C19H26F3N3O4/c1-12(27)23-10-15-17(18(28)16(11-26)29-15)25-7-5-24(6-8-25)14-4-2-3-13(9-14)19(20,21)22/h2-4,9,15-18,26,28H,5-8,10-11H2,1H3,(H,23,27)/t15-,16+,17+,18-/m1/s1. The number of aliphatic hydroxyl groups is 2. The van der Waals surface area contributed by atoms with Crippen molar-refractivity contribution in [1.82, 2.24) is 10.2 Å². The third-order valence-electron chi connectivity index (χ3n) is 5.47. The molecule has 4 atom stereocenters.